The minimum atomic E-state index is -4.71. The number of hydrogen-bond donors (Lipinski definition) is 1. The van der Waals surface area contributed by atoms with Crippen LogP contribution in [0.3, 0.4) is 0 Å². The van der Waals surface area contributed by atoms with Crippen LogP contribution in [0, 0.1) is 0 Å². The van der Waals surface area contributed by atoms with E-state index >= 15 is 0 Å². The fourth-order valence-corrected chi connectivity index (χ4v) is 4.14. The van der Waals surface area contributed by atoms with Gasteiger partial charge in [-0.15, -0.1) is 15.2 Å². The van der Waals surface area contributed by atoms with Gasteiger partial charge in [0.1, 0.15) is 0 Å². The second-order valence-electron chi connectivity index (χ2n) is 4.18. The zero-order valence-corrected chi connectivity index (χ0v) is 11.3. The minimum absolute atomic E-state index is 0.353. The topological polar surface area (TPSA) is 49.9 Å². The van der Waals surface area contributed by atoms with Crippen LogP contribution in [0.1, 0.15) is 15.8 Å². The van der Waals surface area contributed by atoms with Gasteiger partial charge >= 0.3 is 10.2 Å². The van der Waals surface area contributed by atoms with Gasteiger partial charge in [0.25, 0.3) is 0 Å². The third-order valence-corrected chi connectivity index (χ3v) is 5.07. The number of rotatable bonds is 3. The third-order valence-electron chi connectivity index (χ3n) is 2.92. The fraction of sp³-hybridized carbons (Fsp3) is 0.0769. The van der Waals surface area contributed by atoms with Gasteiger partial charge in [0.2, 0.25) is 0 Å². The molecule has 0 fully saturated rings. The maximum absolute atomic E-state index is 13.6. The molecule has 0 spiro atoms. The number of H-pyrrole nitrogens is 1. The van der Waals surface area contributed by atoms with Crippen LogP contribution >= 0.6 is 11.3 Å². The Labute approximate surface area is 113 Å². The molecule has 1 atom stereocenters. The number of aromatic amines is 1. The maximum atomic E-state index is 13.6. The molecule has 0 aliphatic rings. The molecule has 3 rings (SSSR count). The Hall–Kier alpha value is -1.66. The van der Waals surface area contributed by atoms with Gasteiger partial charge in [-0.1, -0.05) is 24.3 Å². The predicted molar refractivity (Wildman–Crippen MR) is 74.5 cm³/mol. The van der Waals surface area contributed by atoms with Crippen molar-refractivity contribution in [2.75, 3.05) is 0 Å². The molecule has 3 aromatic rings. The molecule has 1 aromatic carbocycles. The van der Waals surface area contributed by atoms with E-state index in [9.17, 15) is 12.3 Å². The molecular formula is C13H10FNO2S2. The highest BCUT2D eigenvalue weighted by molar-refractivity contribution is 7.87. The van der Waals surface area contributed by atoms with Crippen molar-refractivity contribution in [3.63, 3.8) is 0 Å². The summed E-state index contributed by atoms with van der Waals surface area (Å²) in [6, 6.07) is 12.4. The van der Waals surface area contributed by atoms with Gasteiger partial charge in [0.15, 0.2) is 5.25 Å². The first-order chi connectivity index (χ1) is 9.05. The lowest BCUT2D eigenvalue weighted by Gasteiger charge is -2.08. The Morgan fingerprint density at radius 2 is 1.95 bits per heavy atom. The number of aromatic nitrogens is 1. The lowest BCUT2D eigenvalue weighted by molar-refractivity contribution is 0.543. The number of fused-ring (bicyclic) bond motifs is 1. The zero-order valence-electron chi connectivity index (χ0n) is 9.71. The van der Waals surface area contributed by atoms with Crippen LogP contribution in [0.25, 0.3) is 10.9 Å². The average molecular weight is 295 g/mol. The SMILES string of the molecule is O=S(=O)(F)C(c1cc2ccccc2[nH]1)c1cccs1. The van der Waals surface area contributed by atoms with Crippen molar-refractivity contribution in [3.8, 4) is 0 Å². The molecule has 2 heterocycles. The summed E-state index contributed by atoms with van der Waals surface area (Å²) < 4.78 is 36.4. The van der Waals surface area contributed by atoms with Crippen molar-refractivity contribution >= 4 is 32.5 Å². The first-order valence-corrected chi connectivity index (χ1v) is 7.93. The van der Waals surface area contributed by atoms with Gasteiger partial charge in [0.05, 0.1) is 0 Å². The minimum Gasteiger partial charge on any atom is -0.357 e. The smallest absolute Gasteiger partial charge is 0.315 e. The van der Waals surface area contributed by atoms with E-state index in [0.29, 0.717) is 10.6 Å². The molecule has 0 amide bonds. The monoisotopic (exact) mass is 295 g/mol. The van der Waals surface area contributed by atoms with Gasteiger partial charge in [0, 0.05) is 16.1 Å². The quantitative estimate of drug-likeness (QED) is 0.750. The molecular weight excluding hydrogens is 285 g/mol. The van der Waals surface area contributed by atoms with Crippen molar-refractivity contribution in [1.29, 1.82) is 0 Å². The molecule has 1 N–H and O–H groups in total. The van der Waals surface area contributed by atoms with Gasteiger partial charge in [-0.2, -0.15) is 8.42 Å². The van der Waals surface area contributed by atoms with E-state index in [1.807, 2.05) is 24.3 Å². The Morgan fingerprint density at radius 1 is 1.16 bits per heavy atom. The number of benzene rings is 1. The van der Waals surface area contributed by atoms with Crippen LogP contribution in [-0.4, -0.2) is 13.4 Å². The Kier molecular flexibility index (Phi) is 2.91. The van der Waals surface area contributed by atoms with Crippen LogP contribution in [0.15, 0.2) is 47.8 Å². The van der Waals surface area contributed by atoms with E-state index in [1.165, 1.54) is 11.3 Å². The fourth-order valence-electron chi connectivity index (χ4n) is 2.12. The number of thiophene rings is 1. The van der Waals surface area contributed by atoms with E-state index in [-0.39, 0.29) is 0 Å². The zero-order chi connectivity index (χ0) is 13.5. The van der Waals surface area contributed by atoms with Gasteiger partial charge < -0.3 is 4.98 Å². The van der Waals surface area contributed by atoms with Crippen LogP contribution in [0.2, 0.25) is 0 Å². The van der Waals surface area contributed by atoms with Crippen molar-refractivity contribution < 1.29 is 12.3 Å². The highest BCUT2D eigenvalue weighted by atomic mass is 32.3. The molecule has 98 valence electrons. The summed E-state index contributed by atoms with van der Waals surface area (Å²) in [7, 11) is -4.71. The lowest BCUT2D eigenvalue weighted by Crippen LogP contribution is -2.08. The highest BCUT2D eigenvalue weighted by Crippen LogP contribution is 2.35. The first kappa shape index (κ1) is 12.4. The third kappa shape index (κ3) is 2.29. The van der Waals surface area contributed by atoms with Crippen LogP contribution in [0.5, 0.6) is 0 Å². The molecule has 6 heteroatoms. The van der Waals surface area contributed by atoms with Crippen molar-refractivity contribution in [1.82, 2.24) is 4.98 Å². The predicted octanol–water partition coefficient (Wildman–Crippen LogP) is 3.62. The number of nitrogens with one attached hydrogen (secondary N) is 1. The molecule has 0 radical (unpaired) electrons. The van der Waals surface area contributed by atoms with Gasteiger partial charge in [-0.25, -0.2) is 0 Å². The van der Waals surface area contributed by atoms with Gasteiger partial charge in [-0.3, -0.25) is 0 Å². The van der Waals surface area contributed by atoms with Crippen molar-refractivity contribution in [2.45, 2.75) is 5.25 Å². The summed E-state index contributed by atoms with van der Waals surface area (Å²) in [5.74, 6) is 0. The van der Waals surface area contributed by atoms with E-state index in [2.05, 4.69) is 4.98 Å². The molecule has 0 bridgehead atoms. The Morgan fingerprint density at radius 3 is 2.58 bits per heavy atom. The van der Waals surface area contributed by atoms with Crippen molar-refractivity contribution in [3.05, 3.63) is 58.4 Å². The molecule has 3 nitrogen and oxygen atoms in total. The molecule has 0 saturated carbocycles. The second-order valence-corrected chi connectivity index (χ2v) is 6.58. The first-order valence-electron chi connectivity index (χ1n) is 5.60. The van der Waals surface area contributed by atoms with Crippen LogP contribution < -0.4 is 0 Å². The van der Waals surface area contributed by atoms with E-state index in [0.717, 1.165) is 10.9 Å². The van der Waals surface area contributed by atoms with Gasteiger partial charge in [-0.05, 0) is 29.0 Å². The summed E-state index contributed by atoms with van der Waals surface area (Å²) in [5, 5.41) is 1.32. The Balaban J connectivity index is 2.20. The van der Waals surface area contributed by atoms with E-state index < -0.39 is 15.5 Å². The summed E-state index contributed by atoms with van der Waals surface area (Å²) in [6.45, 7) is 0. The highest BCUT2D eigenvalue weighted by Gasteiger charge is 2.31. The molecule has 19 heavy (non-hydrogen) atoms. The molecule has 0 aliphatic heterocycles. The largest absolute Gasteiger partial charge is 0.357 e. The summed E-state index contributed by atoms with van der Waals surface area (Å²) in [4.78, 5) is 3.44. The standard InChI is InChI=1S/C13H10FNO2S2/c14-19(16,17)13(12-6-3-7-18-12)11-8-9-4-1-2-5-10(9)15-11/h1-8,13,15H. The number of halogens is 1. The van der Waals surface area contributed by atoms with E-state index in [4.69, 9.17) is 0 Å². The number of para-hydroxylation sites is 1. The summed E-state index contributed by atoms with van der Waals surface area (Å²) >= 11 is 1.22. The van der Waals surface area contributed by atoms with Crippen LogP contribution in [-0.2, 0) is 10.2 Å². The molecule has 1 unspecified atom stereocenters. The second kappa shape index (κ2) is 4.47. The molecule has 2 aromatic heterocycles. The summed E-state index contributed by atoms with van der Waals surface area (Å²) in [6.07, 6.45) is 0. The van der Waals surface area contributed by atoms with E-state index in [1.54, 1.807) is 23.6 Å². The normalized spacial score (nSPS) is 13.7. The maximum Gasteiger partial charge on any atom is 0.315 e. The average Bonchev–Trinajstić information content (AvgIpc) is 2.95. The molecule has 0 saturated heterocycles. The number of hydrogen-bond acceptors (Lipinski definition) is 3. The molecule has 0 aliphatic carbocycles. The van der Waals surface area contributed by atoms with Crippen LogP contribution in [0.4, 0.5) is 3.89 Å². The summed E-state index contributed by atoms with van der Waals surface area (Å²) in [5.41, 5.74) is 1.15. The van der Waals surface area contributed by atoms with Crippen molar-refractivity contribution in [2.24, 2.45) is 0 Å². The lowest BCUT2D eigenvalue weighted by atomic mass is 10.2. The Bertz CT molecular complexity index is 773.